The second-order valence-corrected chi connectivity index (χ2v) is 9.64. The first-order valence-corrected chi connectivity index (χ1v) is 11.2. The normalized spacial score (nSPS) is 11.3. The first-order chi connectivity index (χ1) is 13.7. The summed E-state index contributed by atoms with van der Waals surface area (Å²) < 4.78 is 25.7. The Kier molecular flexibility index (Phi) is 6.32. The van der Waals surface area contributed by atoms with Crippen LogP contribution < -0.4 is 0 Å². The van der Waals surface area contributed by atoms with Gasteiger partial charge in [0.05, 0.1) is 10.6 Å². The fraction of sp³-hybridized carbons (Fsp3) is 0.136. The molecule has 0 aliphatic heterocycles. The van der Waals surface area contributed by atoms with Gasteiger partial charge in [-0.2, -0.15) is 0 Å². The van der Waals surface area contributed by atoms with Crippen LogP contribution in [0.5, 0.6) is 0 Å². The highest BCUT2D eigenvalue weighted by atomic mass is 35.5. The minimum absolute atomic E-state index is 0.173. The topological polar surface area (TPSA) is 54.5 Å². The smallest absolute Gasteiger partial charge is 0.253 e. The van der Waals surface area contributed by atoms with Crippen molar-refractivity contribution >= 4 is 38.9 Å². The highest BCUT2D eigenvalue weighted by Gasteiger charge is 2.17. The molecule has 0 saturated heterocycles. The summed E-state index contributed by atoms with van der Waals surface area (Å²) in [4.78, 5) is 13.8. The summed E-state index contributed by atoms with van der Waals surface area (Å²) in [6, 6.07) is 18.4. The molecule has 4 nitrogen and oxygen atoms in total. The maximum absolute atomic E-state index is 12.8. The van der Waals surface area contributed by atoms with Gasteiger partial charge >= 0.3 is 0 Å². The van der Waals surface area contributed by atoms with Crippen LogP contribution in [-0.4, -0.2) is 33.3 Å². The number of carbonyl (C=O) groups excluding carboxylic acids is 1. The third kappa shape index (κ3) is 4.99. The lowest BCUT2D eigenvalue weighted by Crippen LogP contribution is -2.21. The van der Waals surface area contributed by atoms with Gasteiger partial charge in [0.1, 0.15) is 0 Å². The summed E-state index contributed by atoms with van der Waals surface area (Å²) in [5.74, 6) is -0.365. The Morgan fingerprint density at radius 1 is 0.931 bits per heavy atom. The van der Waals surface area contributed by atoms with Gasteiger partial charge in [-0.05, 0) is 47.5 Å². The largest absolute Gasteiger partial charge is 0.345 e. The quantitative estimate of drug-likeness (QED) is 0.530. The van der Waals surface area contributed by atoms with Crippen LogP contribution in [0.25, 0.3) is 11.1 Å². The van der Waals surface area contributed by atoms with Gasteiger partial charge in [-0.1, -0.05) is 53.5 Å². The predicted molar refractivity (Wildman–Crippen MR) is 117 cm³/mol. The molecule has 7 heteroatoms. The molecule has 0 N–H and O–H groups in total. The SMILES string of the molecule is CN(C)C(=O)c1cccc(CS(=O)(=O)c2ccc(-c3ccc(Cl)cc3Cl)cc2)c1. The van der Waals surface area contributed by atoms with Gasteiger partial charge in [0, 0.05) is 35.3 Å². The van der Waals surface area contributed by atoms with Gasteiger partial charge in [-0.15, -0.1) is 0 Å². The molecule has 1 amide bonds. The van der Waals surface area contributed by atoms with Crippen LogP contribution in [0, 0.1) is 0 Å². The molecule has 0 heterocycles. The number of carbonyl (C=O) groups is 1. The molecule has 0 radical (unpaired) electrons. The maximum Gasteiger partial charge on any atom is 0.253 e. The van der Waals surface area contributed by atoms with Crippen molar-refractivity contribution in [1.82, 2.24) is 4.90 Å². The van der Waals surface area contributed by atoms with Gasteiger partial charge < -0.3 is 4.90 Å². The average Bonchev–Trinajstić information content (AvgIpc) is 2.67. The fourth-order valence-electron chi connectivity index (χ4n) is 2.92. The molecule has 0 unspecified atom stereocenters. The Hall–Kier alpha value is -2.34. The molecule has 0 aliphatic carbocycles. The van der Waals surface area contributed by atoms with Crippen molar-refractivity contribution in [3.05, 3.63) is 87.9 Å². The Balaban J connectivity index is 1.85. The third-order valence-electron chi connectivity index (χ3n) is 4.39. The molecule has 0 bridgehead atoms. The van der Waals surface area contributed by atoms with Crippen LogP contribution in [0.15, 0.2) is 71.6 Å². The molecule has 0 spiro atoms. The fourth-order valence-corrected chi connectivity index (χ4v) is 4.77. The molecule has 0 aromatic heterocycles. The number of hydrogen-bond acceptors (Lipinski definition) is 3. The van der Waals surface area contributed by atoms with E-state index < -0.39 is 9.84 Å². The summed E-state index contributed by atoms with van der Waals surface area (Å²) in [5.41, 5.74) is 2.58. The monoisotopic (exact) mass is 447 g/mol. The Bertz CT molecular complexity index is 1160. The minimum Gasteiger partial charge on any atom is -0.345 e. The number of sulfone groups is 1. The number of hydrogen-bond donors (Lipinski definition) is 0. The van der Waals surface area contributed by atoms with E-state index in [1.807, 2.05) is 0 Å². The molecule has 3 aromatic carbocycles. The highest BCUT2D eigenvalue weighted by molar-refractivity contribution is 7.90. The number of nitrogens with zero attached hydrogens (tertiary/aromatic N) is 1. The molecule has 0 saturated carbocycles. The molecular formula is C22H19Cl2NO3S. The molecule has 29 heavy (non-hydrogen) atoms. The zero-order valence-corrected chi connectivity index (χ0v) is 18.2. The van der Waals surface area contributed by atoms with E-state index in [4.69, 9.17) is 23.2 Å². The average molecular weight is 448 g/mol. The number of halogens is 2. The summed E-state index contributed by atoms with van der Waals surface area (Å²) >= 11 is 12.2. The lowest BCUT2D eigenvalue weighted by Gasteiger charge is -2.12. The predicted octanol–water partition coefficient (Wildman–Crippen LogP) is 5.34. The standard InChI is InChI=1S/C22H19Cl2NO3S/c1-25(2)22(26)17-5-3-4-15(12-17)14-29(27,28)19-9-6-16(7-10-19)20-11-8-18(23)13-21(20)24/h3-13H,14H2,1-2H3. The Morgan fingerprint density at radius 3 is 2.24 bits per heavy atom. The third-order valence-corrected chi connectivity index (χ3v) is 6.64. The molecule has 0 aliphatic rings. The molecule has 3 rings (SSSR count). The van der Waals surface area contributed by atoms with Crippen LogP contribution in [0.1, 0.15) is 15.9 Å². The van der Waals surface area contributed by atoms with Crippen LogP contribution in [0.4, 0.5) is 0 Å². The summed E-state index contributed by atoms with van der Waals surface area (Å²) in [6.07, 6.45) is 0. The van der Waals surface area contributed by atoms with Crippen molar-refractivity contribution in [3.63, 3.8) is 0 Å². The van der Waals surface area contributed by atoms with Crippen LogP contribution >= 0.6 is 23.2 Å². The van der Waals surface area contributed by atoms with Crippen molar-refractivity contribution in [1.29, 1.82) is 0 Å². The number of amides is 1. The number of rotatable bonds is 5. The molecule has 0 fully saturated rings. The van der Waals surface area contributed by atoms with E-state index in [9.17, 15) is 13.2 Å². The van der Waals surface area contributed by atoms with Crippen molar-refractivity contribution < 1.29 is 13.2 Å². The van der Waals surface area contributed by atoms with Gasteiger partial charge in [0.25, 0.3) is 5.91 Å². The van der Waals surface area contributed by atoms with Gasteiger partial charge in [0.15, 0.2) is 9.84 Å². The maximum atomic E-state index is 12.8. The Morgan fingerprint density at radius 2 is 1.62 bits per heavy atom. The summed E-state index contributed by atoms with van der Waals surface area (Å²) in [7, 11) is -0.265. The molecule has 150 valence electrons. The van der Waals surface area contributed by atoms with E-state index in [2.05, 4.69) is 0 Å². The van der Waals surface area contributed by atoms with E-state index in [0.717, 1.165) is 11.1 Å². The molecule has 3 aromatic rings. The summed E-state index contributed by atoms with van der Waals surface area (Å²) in [5, 5.41) is 1.03. The van der Waals surface area contributed by atoms with E-state index in [-0.39, 0.29) is 16.6 Å². The highest BCUT2D eigenvalue weighted by Crippen LogP contribution is 2.31. The zero-order chi connectivity index (χ0) is 21.2. The van der Waals surface area contributed by atoms with Crippen LogP contribution in [0.3, 0.4) is 0 Å². The second kappa shape index (κ2) is 8.57. The summed E-state index contributed by atoms with van der Waals surface area (Å²) in [6.45, 7) is 0. The number of benzene rings is 3. The van der Waals surface area contributed by atoms with Gasteiger partial charge in [-0.25, -0.2) is 8.42 Å². The van der Waals surface area contributed by atoms with Crippen molar-refractivity contribution in [2.24, 2.45) is 0 Å². The van der Waals surface area contributed by atoms with E-state index in [0.29, 0.717) is 21.2 Å². The zero-order valence-electron chi connectivity index (χ0n) is 15.9. The first kappa shape index (κ1) is 21.4. The minimum atomic E-state index is -3.57. The van der Waals surface area contributed by atoms with Crippen molar-refractivity contribution in [2.75, 3.05) is 14.1 Å². The van der Waals surface area contributed by atoms with Crippen molar-refractivity contribution in [2.45, 2.75) is 10.6 Å². The van der Waals surface area contributed by atoms with Crippen molar-refractivity contribution in [3.8, 4) is 11.1 Å². The van der Waals surface area contributed by atoms with E-state index in [1.54, 1.807) is 80.8 Å². The lowest BCUT2D eigenvalue weighted by molar-refractivity contribution is 0.0827. The molecular weight excluding hydrogens is 429 g/mol. The van der Waals surface area contributed by atoms with Gasteiger partial charge in [-0.3, -0.25) is 4.79 Å². The van der Waals surface area contributed by atoms with E-state index >= 15 is 0 Å². The Labute approximate surface area is 180 Å². The molecule has 0 atom stereocenters. The van der Waals surface area contributed by atoms with Gasteiger partial charge in [0.2, 0.25) is 0 Å². The van der Waals surface area contributed by atoms with E-state index in [1.165, 1.54) is 4.90 Å². The van der Waals surface area contributed by atoms with Crippen LogP contribution in [0.2, 0.25) is 10.0 Å². The first-order valence-electron chi connectivity index (χ1n) is 8.76. The van der Waals surface area contributed by atoms with Crippen LogP contribution in [-0.2, 0) is 15.6 Å². The lowest BCUT2D eigenvalue weighted by atomic mass is 10.1. The second-order valence-electron chi connectivity index (χ2n) is 6.81.